The lowest BCUT2D eigenvalue weighted by Crippen LogP contribution is -2.34. The maximum atomic E-state index is 11.0. The molecular formula is C11H18ClNO4S. The van der Waals surface area contributed by atoms with Gasteiger partial charge in [-0.1, -0.05) is 0 Å². The van der Waals surface area contributed by atoms with Crippen LogP contribution in [0.5, 0.6) is 0 Å². The summed E-state index contributed by atoms with van der Waals surface area (Å²) in [6, 6.07) is 0. The third-order valence-electron chi connectivity index (χ3n) is 2.81. The zero-order valence-corrected chi connectivity index (χ0v) is 11.9. The Morgan fingerprint density at radius 1 is 1.17 bits per heavy atom. The van der Waals surface area contributed by atoms with Crippen molar-refractivity contribution in [3.63, 3.8) is 0 Å². The van der Waals surface area contributed by atoms with E-state index < -0.39 is 11.9 Å². The van der Waals surface area contributed by atoms with Crippen molar-refractivity contribution < 1.29 is 19.8 Å². The summed E-state index contributed by atoms with van der Waals surface area (Å²) in [6.07, 6.45) is 0.290. The van der Waals surface area contributed by atoms with Gasteiger partial charge in [-0.3, -0.25) is 0 Å². The summed E-state index contributed by atoms with van der Waals surface area (Å²) in [6.45, 7) is 3.86. The van der Waals surface area contributed by atoms with E-state index in [-0.39, 0.29) is 30.0 Å². The van der Waals surface area contributed by atoms with Gasteiger partial charge in [-0.05, 0) is 13.3 Å². The molecule has 7 heteroatoms. The highest BCUT2D eigenvalue weighted by atomic mass is 35.5. The summed E-state index contributed by atoms with van der Waals surface area (Å²) in [5, 5.41) is 17.8. The van der Waals surface area contributed by atoms with Gasteiger partial charge < -0.3 is 15.1 Å². The summed E-state index contributed by atoms with van der Waals surface area (Å²) in [7, 11) is 0. The molecule has 1 fully saturated rings. The molecule has 0 aromatic carbocycles. The molecule has 1 saturated heterocycles. The van der Waals surface area contributed by atoms with E-state index in [9.17, 15) is 9.59 Å². The van der Waals surface area contributed by atoms with Crippen molar-refractivity contribution in [2.45, 2.75) is 13.3 Å². The Morgan fingerprint density at radius 3 is 2.17 bits per heavy atom. The van der Waals surface area contributed by atoms with Crippen LogP contribution in [0.2, 0.25) is 0 Å². The number of aliphatic carboxylic acids is 2. The fraction of sp³-hybridized carbons (Fsp3) is 0.636. The molecule has 5 nitrogen and oxygen atoms in total. The highest BCUT2D eigenvalue weighted by molar-refractivity contribution is 7.99. The molecular weight excluding hydrogens is 278 g/mol. The van der Waals surface area contributed by atoms with Gasteiger partial charge in [-0.15, -0.1) is 12.4 Å². The molecule has 1 aliphatic heterocycles. The smallest absolute Gasteiger partial charge is 0.332 e. The Bertz CT molecular complexity index is 340. The van der Waals surface area contributed by atoms with Crippen molar-refractivity contribution in [2.75, 3.05) is 31.1 Å². The molecule has 104 valence electrons. The van der Waals surface area contributed by atoms with Crippen molar-refractivity contribution in [1.29, 1.82) is 0 Å². The number of hydrogen-bond donors (Lipinski definition) is 2. The van der Waals surface area contributed by atoms with E-state index in [1.165, 1.54) is 6.92 Å². The Kier molecular flexibility index (Phi) is 8.06. The van der Waals surface area contributed by atoms with Crippen molar-refractivity contribution in [2.24, 2.45) is 0 Å². The average Bonchev–Trinajstić information content (AvgIpc) is 2.29. The Balaban J connectivity index is 0.00000289. The van der Waals surface area contributed by atoms with Gasteiger partial charge in [-0.2, -0.15) is 11.8 Å². The molecule has 0 saturated carbocycles. The van der Waals surface area contributed by atoms with Gasteiger partial charge >= 0.3 is 11.9 Å². The molecule has 0 aromatic rings. The van der Waals surface area contributed by atoms with Crippen molar-refractivity contribution in [3.8, 4) is 0 Å². The Labute approximate surface area is 117 Å². The summed E-state index contributed by atoms with van der Waals surface area (Å²) in [4.78, 5) is 23.9. The predicted octanol–water partition coefficient (Wildman–Crippen LogP) is 1.33. The van der Waals surface area contributed by atoms with E-state index in [2.05, 4.69) is 4.90 Å². The van der Waals surface area contributed by atoms with Gasteiger partial charge in [0.25, 0.3) is 0 Å². The van der Waals surface area contributed by atoms with Crippen LogP contribution in [0.15, 0.2) is 11.1 Å². The van der Waals surface area contributed by atoms with Crippen LogP contribution >= 0.6 is 24.2 Å². The van der Waals surface area contributed by atoms with Crippen LogP contribution in [-0.4, -0.2) is 58.2 Å². The van der Waals surface area contributed by atoms with Crippen LogP contribution in [0, 0.1) is 0 Å². The normalized spacial score (nSPS) is 17.6. The van der Waals surface area contributed by atoms with E-state index >= 15 is 0 Å². The second-order valence-corrected chi connectivity index (χ2v) is 5.14. The summed E-state index contributed by atoms with van der Waals surface area (Å²) in [5.74, 6) is -0.165. The molecule has 0 aliphatic carbocycles. The largest absolute Gasteiger partial charge is 0.478 e. The monoisotopic (exact) mass is 295 g/mol. The molecule has 0 atom stereocenters. The van der Waals surface area contributed by atoms with Gasteiger partial charge in [0.05, 0.1) is 0 Å². The number of thioether (sulfide) groups is 1. The first-order valence-electron chi connectivity index (χ1n) is 5.49. The number of halogens is 1. The van der Waals surface area contributed by atoms with E-state index in [0.29, 0.717) is 6.54 Å². The number of rotatable bonds is 5. The van der Waals surface area contributed by atoms with Crippen LogP contribution < -0.4 is 0 Å². The first-order chi connectivity index (χ1) is 8.02. The van der Waals surface area contributed by atoms with Gasteiger partial charge in [0, 0.05) is 42.3 Å². The maximum absolute atomic E-state index is 11.0. The molecule has 0 unspecified atom stereocenters. The Hall–Kier alpha value is -0.720. The minimum absolute atomic E-state index is 0. The molecule has 18 heavy (non-hydrogen) atoms. The molecule has 0 radical (unpaired) electrons. The van der Waals surface area contributed by atoms with Gasteiger partial charge in [0.2, 0.25) is 0 Å². The third kappa shape index (κ3) is 5.29. The van der Waals surface area contributed by atoms with Crippen molar-refractivity contribution >= 4 is 36.1 Å². The molecule has 0 spiro atoms. The standard InChI is InChI=1S/C11H17NO4S.ClH/c1-8(10(13)14)9(11(15)16)2-3-12-4-6-17-7-5-12;/h2-7H2,1H3,(H,13,14)(H,15,16);1H/b9-8+;. The zero-order chi connectivity index (χ0) is 12.8. The highest BCUT2D eigenvalue weighted by Gasteiger charge is 2.18. The minimum atomic E-state index is -1.16. The molecule has 1 heterocycles. The summed E-state index contributed by atoms with van der Waals surface area (Å²) in [5.41, 5.74) is -0.0559. The van der Waals surface area contributed by atoms with Gasteiger partial charge in [0.1, 0.15) is 0 Å². The quantitative estimate of drug-likeness (QED) is 0.745. The SMILES string of the molecule is C/C(C(=O)O)=C(/CCN1CCSCC1)C(=O)O.Cl. The van der Waals surface area contributed by atoms with E-state index in [1.807, 2.05) is 11.8 Å². The fourth-order valence-electron chi connectivity index (χ4n) is 1.68. The number of carboxylic acid groups (broad SMARTS) is 2. The second kappa shape index (κ2) is 8.39. The lowest BCUT2D eigenvalue weighted by molar-refractivity contribution is -0.136. The first kappa shape index (κ1) is 17.3. The van der Waals surface area contributed by atoms with Gasteiger partial charge in [-0.25, -0.2) is 9.59 Å². The number of carboxylic acids is 2. The zero-order valence-electron chi connectivity index (χ0n) is 10.2. The molecule has 0 amide bonds. The predicted molar refractivity (Wildman–Crippen MR) is 73.6 cm³/mol. The van der Waals surface area contributed by atoms with Crippen molar-refractivity contribution in [3.05, 3.63) is 11.1 Å². The van der Waals surface area contributed by atoms with E-state index in [1.54, 1.807) is 0 Å². The van der Waals surface area contributed by atoms with Crippen LogP contribution in [0.1, 0.15) is 13.3 Å². The molecule has 0 bridgehead atoms. The topological polar surface area (TPSA) is 77.8 Å². The Morgan fingerprint density at radius 2 is 1.72 bits per heavy atom. The van der Waals surface area contributed by atoms with Crippen LogP contribution in [-0.2, 0) is 9.59 Å². The van der Waals surface area contributed by atoms with Crippen molar-refractivity contribution in [1.82, 2.24) is 4.90 Å². The van der Waals surface area contributed by atoms with E-state index in [0.717, 1.165) is 24.6 Å². The molecule has 2 N–H and O–H groups in total. The average molecular weight is 296 g/mol. The van der Waals surface area contributed by atoms with Crippen LogP contribution in [0.3, 0.4) is 0 Å². The third-order valence-corrected chi connectivity index (χ3v) is 3.76. The first-order valence-corrected chi connectivity index (χ1v) is 6.64. The number of carbonyl (C=O) groups is 2. The van der Waals surface area contributed by atoms with Crippen LogP contribution in [0.4, 0.5) is 0 Å². The molecule has 0 aromatic heterocycles. The summed E-state index contributed by atoms with van der Waals surface area (Å²) >= 11 is 1.89. The van der Waals surface area contributed by atoms with Crippen LogP contribution in [0.25, 0.3) is 0 Å². The fourth-order valence-corrected chi connectivity index (χ4v) is 2.66. The number of hydrogen-bond acceptors (Lipinski definition) is 4. The molecule has 1 rings (SSSR count). The lowest BCUT2D eigenvalue weighted by Gasteiger charge is -2.26. The lowest BCUT2D eigenvalue weighted by atomic mass is 10.1. The molecule has 1 aliphatic rings. The maximum Gasteiger partial charge on any atom is 0.332 e. The second-order valence-electron chi connectivity index (χ2n) is 3.92. The highest BCUT2D eigenvalue weighted by Crippen LogP contribution is 2.14. The number of nitrogens with zero attached hydrogens (tertiary/aromatic N) is 1. The minimum Gasteiger partial charge on any atom is -0.478 e. The van der Waals surface area contributed by atoms with E-state index in [4.69, 9.17) is 10.2 Å². The summed E-state index contributed by atoms with van der Waals surface area (Å²) < 4.78 is 0. The van der Waals surface area contributed by atoms with Gasteiger partial charge in [0.15, 0.2) is 0 Å².